The van der Waals surface area contributed by atoms with E-state index < -0.39 is 23.8 Å². The van der Waals surface area contributed by atoms with Crippen LogP contribution in [0.4, 0.5) is 0 Å². The summed E-state index contributed by atoms with van der Waals surface area (Å²) in [4.78, 5) is 26.5. The monoisotopic (exact) mass is 240 g/mol. The molecular formula is C11H16N2O4. The predicted octanol–water partition coefficient (Wildman–Crippen LogP) is 0.472. The van der Waals surface area contributed by atoms with Crippen molar-refractivity contribution in [3.8, 4) is 0 Å². The molecule has 1 aromatic rings. The number of ether oxygens (including phenoxy) is 1. The number of imidazole rings is 1. The molecule has 0 bridgehead atoms. The van der Waals surface area contributed by atoms with E-state index in [1.165, 1.54) is 14.0 Å². The molecule has 0 spiro atoms. The molecule has 0 aliphatic heterocycles. The maximum absolute atomic E-state index is 11.6. The van der Waals surface area contributed by atoms with Crippen molar-refractivity contribution in [2.24, 2.45) is 18.9 Å². The van der Waals surface area contributed by atoms with Crippen molar-refractivity contribution in [3.05, 3.63) is 18.2 Å². The molecule has 0 saturated carbocycles. The van der Waals surface area contributed by atoms with Crippen LogP contribution in [-0.2, 0) is 27.8 Å². The van der Waals surface area contributed by atoms with E-state index >= 15 is 0 Å². The van der Waals surface area contributed by atoms with Gasteiger partial charge < -0.3 is 14.4 Å². The van der Waals surface area contributed by atoms with E-state index in [1.54, 1.807) is 24.1 Å². The Bertz CT molecular complexity index is 413. The van der Waals surface area contributed by atoms with E-state index in [2.05, 4.69) is 9.72 Å². The average molecular weight is 240 g/mol. The minimum atomic E-state index is -1.01. The Hall–Kier alpha value is -1.85. The third-order valence-corrected chi connectivity index (χ3v) is 2.84. The highest BCUT2D eigenvalue weighted by atomic mass is 16.5. The van der Waals surface area contributed by atoms with Crippen LogP contribution in [0.5, 0.6) is 0 Å². The number of carboxylic acids is 1. The summed E-state index contributed by atoms with van der Waals surface area (Å²) in [5.74, 6) is -3.02. The van der Waals surface area contributed by atoms with E-state index in [0.29, 0.717) is 6.42 Å². The topological polar surface area (TPSA) is 81.4 Å². The Kier molecular flexibility index (Phi) is 4.25. The molecule has 1 aromatic heterocycles. The van der Waals surface area contributed by atoms with Gasteiger partial charge in [0.25, 0.3) is 0 Å². The molecule has 0 radical (unpaired) electrons. The van der Waals surface area contributed by atoms with Crippen molar-refractivity contribution in [3.63, 3.8) is 0 Å². The van der Waals surface area contributed by atoms with Crippen molar-refractivity contribution in [2.45, 2.75) is 13.3 Å². The zero-order chi connectivity index (χ0) is 13.0. The Labute approximate surface area is 99.2 Å². The molecule has 0 aliphatic carbocycles. The molecule has 6 heteroatoms. The highest BCUT2D eigenvalue weighted by Crippen LogP contribution is 2.19. The van der Waals surface area contributed by atoms with E-state index in [1.807, 2.05) is 0 Å². The van der Waals surface area contributed by atoms with Gasteiger partial charge in [-0.15, -0.1) is 0 Å². The standard InChI is InChI=1S/C11H16N2O4/c1-7(10(14)15)9(11(16)17-3)4-8-5-12-6-13(8)2/h5-7,9H,4H2,1-3H3,(H,14,15)/t7-,9+/m0/s1. The number of nitrogens with zero attached hydrogens (tertiary/aromatic N) is 2. The van der Waals surface area contributed by atoms with Gasteiger partial charge in [-0.2, -0.15) is 0 Å². The number of rotatable bonds is 5. The first-order valence-electron chi connectivity index (χ1n) is 5.23. The molecule has 1 N–H and O–H groups in total. The minimum absolute atomic E-state index is 0.302. The van der Waals surface area contributed by atoms with Crippen molar-refractivity contribution in [2.75, 3.05) is 7.11 Å². The van der Waals surface area contributed by atoms with E-state index in [9.17, 15) is 9.59 Å². The first-order chi connectivity index (χ1) is 7.97. The van der Waals surface area contributed by atoms with Crippen molar-refractivity contribution >= 4 is 11.9 Å². The number of aromatic nitrogens is 2. The lowest BCUT2D eigenvalue weighted by atomic mass is 9.90. The largest absolute Gasteiger partial charge is 0.481 e. The number of carboxylic acid groups (broad SMARTS) is 1. The molecular weight excluding hydrogens is 224 g/mol. The normalized spacial score (nSPS) is 14.1. The Morgan fingerprint density at radius 1 is 1.59 bits per heavy atom. The average Bonchev–Trinajstić information content (AvgIpc) is 2.69. The van der Waals surface area contributed by atoms with Gasteiger partial charge in [0.2, 0.25) is 0 Å². The SMILES string of the molecule is COC(=O)[C@H](Cc1cncn1C)[C@H](C)C(=O)O. The van der Waals surface area contributed by atoms with Crippen molar-refractivity contribution in [1.82, 2.24) is 9.55 Å². The number of hydrogen-bond acceptors (Lipinski definition) is 4. The molecule has 17 heavy (non-hydrogen) atoms. The van der Waals surface area contributed by atoms with Crippen molar-refractivity contribution in [1.29, 1.82) is 0 Å². The second kappa shape index (κ2) is 5.47. The lowest BCUT2D eigenvalue weighted by Crippen LogP contribution is -2.31. The molecule has 0 unspecified atom stereocenters. The summed E-state index contributed by atoms with van der Waals surface area (Å²) in [6.07, 6.45) is 3.52. The number of aliphatic carboxylic acids is 1. The first kappa shape index (κ1) is 13.2. The summed E-state index contributed by atoms with van der Waals surface area (Å²) in [6.45, 7) is 1.50. The first-order valence-corrected chi connectivity index (χ1v) is 5.23. The van der Waals surface area contributed by atoms with Crippen LogP contribution in [0.15, 0.2) is 12.5 Å². The molecule has 6 nitrogen and oxygen atoms in total. The lowest BCUT2D eigenvalue weighted by Gasteiger charge is -2.18. The number of methoxy groups -OCH3 is 1. The number of carbonyl (C=O) groups excluding carboxylic acids is 1. The van der Waals surface area contributed by atoms with Gasteiger partial charge in [0.1, 0.15) is 0 Å². The van der Waals surface area contributed by atoms with Crippen LogP contribution in [-0.4, -0.2) is 33.7 Å². The third-order valence-electron chi connectivity index (χ3n) is 2.84. The summed E-state index contributed by atoms with van der Waals surface area (Å²) in [5, 5.41) is 8.96. The number of esters is 1. The summed E-state index contributed by atoms with van der Waals surface area (Å²) in [7, 11) is 3.05. The molecule has 0 aliphatic rings. The quantitative estimate of drug-likeness (QED) is 0.757. The fourth-order valence-electron chi connectivity index (χ4n) is 1.59. The number of aryl methyl sites for hydroxylation is 1. The highest BCUT2D eigenvalue weighted by Gasteiger charge is 2.31. The Morgan fingerprint density at radius 3 is 2.65 bits per heavy atom. The van der Waals surface area contributed by atoms with Crippen LogP contribution in [0.1, 0.15) is 12.6 Å². The fourth-order valence-corrected chi connectivity index (χ4v) is 1.59. The zero-order valence-corrected chi connectivity index (χ0v) is 10.1. The van der Waals surface area contributed by atoms with Crippen LogP contribution in [0, 0.1) is 11.8 Å². The van der Waals surface area contributed by atoms with E-state index in [-0.39, 0.29) is 0 Å². The Morgan fingerprint density at radius 2 is 2.24 bits per heavy atom. The minimum Gasteiger partial charge on any atom is -0.481 e. The van der Waals surface area contributed by atoms with E-state index in [4.69, 9.17) is 5.11 Å². The van der Waals surface area contributed by atoms with Gasteiger partial charge in [-0.3, -0.25) is 9.59 Å². The second-order valence-corrected chi connectivity index (χ2v) is 3.96. The van der Waals surface area contributed by atoms with Crippen LogP contribution in [0.2, 0.25) is 0 Å². The van der Waals surface area contributed by atoms with Crippen LogP contribution in [0.3, 0.4) is 0 Å². The van der Waals surface area contributed by atoms with Gasteiger partial charge in [0.15, 0.2) is 0 Å². The molecule has 0 aromatic carbocycles. The maximum Gasteiger partial charge on any atom is 0.309 e. The van der Waals surface area contributed by atoms with Gasteiger partial charge in [0, 0.05) is 25.4 Å². The smallest absolute Gasteiger partial charge is 0.309 e. The fraction of sp³-hybridized carbons (Fsp3) is 0.545. The number of carbonyl (C=O) groups is 2. The maximum atomic E-state index is 11.6. The van der Waals surface area contributed by atoms with Gasteiger partial charge in [0.05, 0.1) is 25.3 Å². The van der Waals surface area contributed by atoms with E-state index in [0.717, 1.165) is 5.69 Å². The van der Waals surface area contributed by atoms with Crippen LogP contribution >= 0.6 is 0 Å². The second-order valence-electron chi connectivity index (χ2n) is 3.96. The van der Waals surface area contributed by atoms with Crippen LogP contribution in [0.25, 0.3) is 0 Å². The van der Waals surface area contributed by atoms with Crippen molar-refractivity contribution < 1.29 is 19.4 Å². The summed E-state index contributed by atoms with van der Waals surface area (Å²) >= 11 is 0. The lowest BCUT2D eigenvalue weighted by molar-refractivity contribution is -0.155. The molecule has 1 heterocycles. The molecule has 1 rings (SSSR count). The van der Waals surface area contributed by atoms with Gasteiger partial charge in [-0.05, 0) is 0 Å². The number of hydrogen-bond donors (Lipinski definition) is 1. The summed E-state index contributed by atoms with van der Waals surface area (Å²) < 4.78 is 6.39. The molecule has 94 valence electrons. The zero-order valence-electron chi connectivity index (χ0n) is 10.1. The van der Waals surface area contributed by atoms with Gasteiger partial charge in [-0.1, -0.05) is 6.92 Å². The predicted molar refractivity (Wildman–Crippen MR) is 59.2 cm³/mol. The van der Waals surface area contributed by atoms with Gasteiger partial charge >= 0.3 is 11.9 Å². The molecule has 0 fully saturated rings. The van der Waals surface area contributed by atoms with Gasteiger partial charge in [-0.25, -0.2) is 4.98 Å². The molecule has 0 amide bonds. The third kappa shape index (κ3) is 3.05. The Balaban J connectivity index is 2.88. The summed E-state index contributed by atoms with van der Waals surface area (Å²) in [5.41, 5.74) is 0.800. The van der Waals surface area contributed by atoms with Crippen LogP contribution < -0.4 is 0 Å². The summed E-state index contributed by atoms with van der Waals surface area (Å²) in [6, 6.07) is 0. The highest BCUT2D eigenvalue weighted by molar-refractivity contribution is 5.80. The molecule has 2 atom stereocenters. The molecule has 0 saturated heterocycles.